The lowest BCUT2D eigenvalue weighted by Gasteiger charge is -2.03. The largest absolute Gasteiger partial charge is 0.497 e. The van der Waals surface area contributed by atoms with Crippen molar-refractivity contribution >= 4 is 31.6 Å². The van der Waals surface area contributed by atoms with Gasteiger partial charge in [0.15, 0.2) is 0 Å². The highest BCUT2D eigenvalue weighted by atomic mass is 28.2. The van der Waals surface area contributed by atoms with Crippen LogP contribution in [0.15, 0.2) is 72.4 Å². The average molecular weight is 288 g/mol. The number of methoxy groups -OCH3 is 1. The quantitative estimate of drug-likeness (QED) is 0.663. The molecule has 3 rings (SSSR count). The van der Waals surface area contributed by atoms with Gasteiger partial charge in [0.05, 0.1) is 7.11 Å². The summed E-state index contributed by atoms with van der Waals surface area (Å²) in [6.45, 7) is 0. The number of benzene rings is 3. The Morgan fingerprint density at radius 3 is 2.43 bits per heavy atom. The topological polar surface area (TPSA) is 9.23 Å². The maximum absolute atomic E-state index is 5.25. The van der Waals surface area contributed by atoms with E-state index in [2.05, 4.69) is 72.4 Å². The lowest BCUT2D eigenvalue weighted by Crippen LogP contribution is -2.09. The molecule has 102 valence electrons. The Labute approximate surface area is 127 Å². The van der Waals surface area contributed by atoms with Crippen molar-refractivity contribution in [1.29, 1.82) is 0 Å². The van der Waals surface area contributed by atoms with Gasteiger partial charge in [-0.3, -0.25) is 0 Å². The van der Waals surface area contributed by atoms with Crippen LogP contribution in [0.3, 0.4) is 0 Å². The molecule has 0 saturated heterocycles. The minimum Gasteiger partial charge on any atom is -0.497 e. The summed E-state index contributed by atoms with van der Waals surface area (Å²) >= 11 is 0. The molecule has 1 nitrogen and oxygen atoms in total. The molecule has 2 radical (unpaired) electrons. The zero-order valence-electron chi connectivity index (χ0n) is 11.9. The van der Waals surface area contributed by atoms with Crippen molar-refractivity contribution in [3.05, 3.63) is 78.0 Å². The maximum Gasteiger partial charge on any atom is 0.119 e. The third-order valence-corrected chi connectivity index (χ3v) is 4.37. The van der Waals surface area contributed by atoms with Crippen LogP contribution in [0, 0.1) is 0 Å². The van der Waals surface area contributed by atoms with Crippen molar-refractivity contribution in [2.45, 2.75) is 0 Å². The van der Waals surface area contributed by atoms with Gasteiger partial charge in [-0.25, -0.2) is 0 Å². The fourth-order valence-electron chi connectivity index (χ4n) is 2.24. The lowest BCUT2D eigenvalue weighted by molar-refractivity contribution is 0.415. The fourth-order valence-corrected chi connectivity index (χ4v) is 3.09. The highest BCUT2D eigenvalue weighted by Crippen LogP contribution is 2.22. The van der Waals surface area contributed by atoms with E-state index in [-0.39, 0.29) is 0 Å². The molecule has 3 aromatic rings. The van der Waals surface area contributed by atoms with Gasteiger partial charge >= 0.3 is 0 Å². The van der Waals surface area contributed by atoms with E-state index >= 15 is 0 Å². The van der Waals surface area contributed by atoms with Gasteiger partial charge in [0.2, 0.25) is 0 Å². The summed E-state index contributed by atoms with van der Waals surface area (Å²) in [4.78, 5) is 0. The number of rotatable bonds is 4. The molecule has 0 aromatic heterocycles. The Kier molecular flexibility index (Phi) is 4.17. The van der Waals surface area contributed by atoms with E-state index in [9.17, 15) is 0 Å². The summed E-state index contributed by atoms with van der Waals surface area (Å²) in [7, 11) is 2.40. The third-order valence-electron chi connectivity index (χ3n) is 3.37. The SMILES string of the molecule is COc1ccc2cc(/C=C\[Si]c3ccccc3)ccc2c1. The van der Waals surface area contributed by atoms with Crippen LogP contribution in [0.2, 0.25) is 0 Å². The molecule has 0 fully saturated rings. The van der Waals surface area contributed by atoms with Gasteiger partial charge in [-0.2, -0.15) is 0 Å². The molecule has 0 aliphatic rings. The Morgan fingerprint density at radius 2 is 1.62 bits per heavy atom. The zero-order chi connectivity index (χ0) is 14.5. The first-order valence-electron chi connectivity index (χ1n) is 6.91. The number of fused-ring (bicyclic) bond motifs is 1. The first-order chi connectivity index (χ1) is 10.3. The highest BCUT2D eigenvalue weighted by Gasteiger charge is 1.97. The molecule has 0 N–H and O–H groups in total. The van der Waals surface area contributed by atoms with Gasteiger partial charge in [-0.1, -0.05) is 65.5 Å². The van der Waals surface area contributed by atoms with E-state index < -0.39 is 0 Å². The molecule has 0 saturated carbocycles. The smallest absolute Gasteiger partial charge is 0.119 e. The van der Waals surface area contributed by atoms with Crippen LogP contribution in [0.4, 0.5) is 0 Å². The van der Waals surface area contributed by atoms with Crippen LogP contribution >= 0.6 is 0 Å². The molecule has 3 aromatic carbocycles. The van der Waals surface area contributed by atoms with E-state index in [1.165, 1.54) is 21.5 Å². The van der Waals surface area contributed by atoms with E-state index in [4.69, 9.17) is 4.74 Å². The second-order valence-electron chi connectivity index (χ2n) is 4.82. The van der Waals surface area contributed by atoms with E-state index in [0.717, 1.165) is 5.75 Å². The molecule has 0 unspecified atom stereocenters. The summed E-state index contributed by atoms with van der Waals surface area (Å²) in [5, 5.41) is 3.80. The Morgan fingerprint density at radius 1 is 0.857 bits per heavy atom. The number of hydrogen-bond acceptors (Lipinski definition) is 1. The summed E-state index contributed by atoms with van der Waals surface area (Å²) in [5.41, 5.74) is 3.47. The maximum atomic E-state index is 5.25. The average Bonchev–Trinajstić information content (AvgIpc) is 2.55. The standard InChI is InChI=1S/C19H16OSi/c1-20-18-10-9-16-13-15(7-8-17(16)14-18)11-12-21-19-5-3-2-4-6-19/h2-14H,1H3/b12-11-. The number of ether oxygens (including phenoxy) is 1. The summed E-state index contributed by atoms with van der Waals surface area (Å²) in [6, 6.07) is 23.2. The number of hydrogen-bond donors (Lipinski definition) is 0. The summed E-state index contributed by atoms with van der Waals surface area (Å²) in [6.07, 6.45) is 2.19. The van der Waals surface area contributed by atoms with Crippen LogP contribution in [-0.2, 0) is 0 Å². The van der Waals surface area contributed by atoms with E-state index in [1.54, 1.807) is 7.11 Å². The predicted molar refractivity (Wildman–Crippen MR) is 91.4 cm³/mol. The molecule has 0 aliphatic heterocycles. The molecule has 0 atom stereocenters. The second-order valence-corrected chi connectivity index (χ2v) is 6.02. The first-order valence-corrected chi connectivity index (χ1v) is 7.99. The Hall–Kier alpha value is -2.32. The zero-order valence-corrected chi connectivity index (χ0v) is 12.9. The van der Waals surface area contributed by atoms with Gasteiger partial charge in [-0.05, 0) is 34.5 Å². The van der Waals surface area contributed by atoms with Crippen LogP contribution in [0.25, 0.3) is 16.8 Å². The second kappa shape index (κ2) is 6.42. The Balaban J connectivity index is 1.78. The molecule has 0 heterocycles. The predicted octanol–water partition coefficient (Wildman–Crippen LogP) is 3.85. The van der Waals surface area contributed by atoms with Crippen LogP contribution in [0.1, 0.15) is 5.56 Å². The van der Waals surface area contributed by atoms with Crippen molar-refractivity contribution in [3.8, 4) is 5.75 Å². The normalized spacial score (nSPS) is 11.1. The first kappa shape index (κ1) is 13.7. The molecule has 0 bridgehead atoms. The lowest BCUT2D eigenvalue weighted by atomic mass is 10.1. The third kappa shape index (κ3) is 3.41. The molecule has 0 amide bonds. The van der Waals surface area contributed by atoms with Crippen molar-refractivity contribution < 1.29 is 4.74 Å². The van der Waals surface area contributed by atoms with Crippen molar-refractivity contribution in [2.75, 3.05) is 7.11 Å². The van der Waals surface area contributed by atoms with E-state index in [0.29, 0.717) is 9.52 Å². The van der Waals surface area contributed by atoms with Crippen molar-refractivity contribution in [3.63, 3.8) is 0 Å². The Bertz CT molecular complexity index is 763. The van der Waals surface area contributed by atoms with Gasteiger partial charge in [-0.15, -0.1) is 0 Å². The van der Waals surface area contributed by atoms with Gasteiger partial charge in [0, 0.05) is 0 Å². The van der Waals surface area contributed by atoms with Crippen LogP contribution in [-0.4, -0.2) is 16.6 Å². The molecule has 0 spiro atoms. The molecule has 21 heavy (non-hydrogen) atoms. The fraction of sp³-hybridized carbons (Fsp3) is 0.0526. The van der Waals surface area contributed by atoms with Crippen LogP contribution in [0.5, 0.6) is 5.75 Å². The minimum absolute atomic E-state index is 0.704. The molecular weight excluding hydrogens is 272 g/mol. The van der Waals surface area contributed by atoms with Crippen LogP contribution < -0.4 is 9.92 Å². The summed E-state index contributed by atoms with van der Waals surface area (Å²) < 4.78 is 5.25. The monoisotopic (exact) mass is 288 g/mol. The molecule has 0 aliphatic carbocycles. The molecule has 2 heteroatoms. The van der Waals surface area contributed by atoms with Gasteiger partial charge < -0.3 is 4.74 Å². The minimum atomic E-state index is 0.704. The van der Waals surface area contributed by atoms with Crippen molar-refractivity contribution in [2.24, 2.45) is 0 Å². The molecular formula is C19H16OSi. The summed E-state index contributed by atoms with van der Waals surface area (Å²) in [5.74, 6) is 0.899. The van der Waals surface area contributed by atoms with Crippen molar-refractivity contribution in [1.82, 2.24) is 0 Å². The van der Waals surface area contributed by atoms with Gasteiger partial charge in [0.1, 0.15) is 15.3 Å². The highest BCUT2D eigenvalue weighted by molar-refractivity contribution is 6.59. The van der Waals surface area contributed by atoms with Gasteiger partial charge in [0.25, 0.3) is 0 Å². The van der Waals surface area contributed by atoms with E-state index in [1.807, 2.05) is 6.07 Å².